The third-order valence-electron chi connectivity index (χ3n) is 4.49. The van der Waals surface area contributed by atoms with Gasteiger partial charge in [0.25, 0.3) is 0 Å². The van der Waals surface area contributed by atoms with Crippen molar-refractivity contribution in [1.82, 2.24) is 9.97 Å². The Morgan fingerprint density at radius 3 is 2.85 bits per heavy atom. The van der Waals surface area contributed by atoms with Crippen molar-refractivity contribution in [2.45, 2.75) is 38.1 Å². The summed E-state index contributed by atoms with van der Waals surface area (Å²) in [4.78, 5) is 11.6. The summed E-state index contributed by atoms with van der Waals surface area (Å²) in [6, 6.07) is 11.2. The van der Waals surface area contributed by atoms with E-state index in [1.807, 2.05) is 6.20 Å². The lowest BCUT2D eigenvalue weighted by molar-refractivity contribution is 0.614. The maximum Gasteiger partial charge on any atom is 0.133 e. The molecule has 0 saturated heterocycles. The highest BCUT2D eigenvalue weighted by Gasteiger charge is 2.29. The number of aromatic nitrogens is 2. The zero-order valence-electron chi connectivity index (χ0n) is 11.8. The van der Waals surface area contributed by atoms with Crippen LogP contribution in [-0.2, 0) is 6.42 Å². The van der Waals surface area contributed by atoms with Crippen LogP contribution in [0.3, 0.4) is 0 Å². The van der Waals surface area contributed by atoms with Gasteiger partial charge in [0.1, 0.15) is 11.6 Å². The van der Waals surface area contributed by atoms with E-state index in [1.54, 1.807) is 0 Å². The van der Waals surface area contributed by atoms with Crippen molar-refractivity contribution in [2.75, 3.05) is 11.4 Å². The summed E-state index contributed by atoms with van der Waals surface area (Å²) < 4.78 is 0. The van der Waals surface area contributed by atoms with Gasteiger partial charge in [0.05, 0.1) is 6.04 Å². The van der Waals surface area contributed by atoms with Crippen molar-refractivity contribution in [1.29, 1.82) is 0 Å². The predicted octanol–water partition coefficient (Wildman–Crippen LogP) is 3.48. The zero-order chi connectivity index (χ0) is 13.5. The lowest BCUT2D eigenvalue weighted by Gasteiger charge is -2.36. The molecule has 1 unspecified atom stereocenters. The summed E-state index contributed by atoms with van der Waals surface area (Å²) in [6.07, 6.45) is 5.52. The van der Waals surface area contributed by atoms with E-state index < -0.39 is 0 Å². The molecule has 1 atom stereocenters. The SMILES string of the molecule is CC1c2ccccc2CCN1c1ccnc(C2CC2)n1. The fourth-order valence-corrected chi connectivity index (χ4v) is 3.15. The number of hydrogen-bond donors (Lipinski definition) is 0. The Labute approximate surface area is 119 Å². The van der Waals surface area contributed by atoms with E-state index in [9.17, 15) is 0 Å². The highest BCUT2D eigenvalue weighted by molar-refractivity contribution is 5.47. The van der Waals surface area contributed by atoms with Crippen LogP contribution in [0, 0.1) is 0 Å². The van der Waals surface area contributed by atoms with Gasteiger partial charge in [0.15, 0.2) is 0 Å². The monoisotopic (exact) mass is 265 g/mol. The average molecular weight is 265 g/mol. The van der Waals surface area contributed by atoms with Gasteiger partial charge in [0.2, 0.25) is 0 Å². The van der Waals surface area contributed by atoms with Gasteiger partial charge in [-0.1, -0.05) is 24.3 Å². The maximum atomic E-state index is 4.80. The molecule has 102 valence electrons. The first-order valence-electron chi connectivity index (χ1n) is 7.50. The quantitative estimate of drug-likeness (QED) is 0.832. The Morgan fingerprint density at radius 1 is 1.15 bits per heavy atom. The topological polar surface area (TPSA) is 29.0 Å². The third kappa shape index (κ3) is 1.98. The molecule has 1 aliphatic heterocycles. The number of hydrogen-bond acceptors (Lipinski definition) is 3. The Kier molecular flexibility index (Phi) is 2.72. The largest absolute Gasteiger partial charge is 0.349 e. The molecule has 1 aliphatic carbocycles. The Morgan fingerprint density at radius 2 is 2.00 bits per heavy atom. The van der Waals surface area contributed by atoms with Gasteiger partial charge < -0.3 is 4.90 Å². The molecule has 0 N–H and O–H groups in total. The van der Waals surface area contributed by atoms with Crippen molar-refractivity contribution in [2.24, 2.45) is 0 Å². The minimum Gasteiger partial charge on any atom is -0.349 e. The second-order valence-corrected chi connectivity index (χ2v) is 5.87. The first-order chi connectivity index (χ1) is 9.83. The Balaban J connectivity index is 1.68. The number of benzene rings is 1. The van der Waals surface area contributed by atoms with Crippen LogP contribution >= 0.6 is 0 Å². The first kappa shape index (κ1) is 11.9. The van der Waals surface area contributed by atoms with Gasteiger partial charge in [-0.2, -0.15) is 0 Å². The van der Waals surface area contributed by atoms with Crippen molar-refractivity contribution in [3.63, 3.8) is 0 Å². The van der Waals surface area contributed by atoms with Gasteiger partial charge in [-0.05, 0) is 43.4 Å². The molecule has 0 amide bonds. The van der Waals surface area contributed by atoms with E-state index in [-0.39, 0.29) is 0 Å². The molecular formula is C17H19N3. The molecule has 4 rings (SSSR count). The van der Waals surface area contributed by atoms with Crippen LogP contribution in [0.15, 0.2) is 36.5 Å². The van der Waals surface area contributed by atoms with Crippen LogP contribution in [0.2, 0.25) is 0 Å². The number of anilines is 1. The van der Waals surface area contributed by atoms with Crippen LogP contribution in [-0.4, -0.2) is 16.5 Å². The molecule has 20 heavy (non-hydrogen) atoms. The minimum atomic E-state index is 0.391. The van der Waals surface area contributed by atoms with Gasteiger partial charge in [0, 0.05) is 18.7 Å². The fourth-order valence-electron chi connectivity index (χ4n) is 3.15. The second kappa shape index (κ2) is 4.58. The zero-order valence-corrected chi connectivity index (χ0v) is 11.8. The summed E-state index contributed by atoms with van der Waals surface area (Å²) in [5, 5.41) is 0. The average Bonchev–Trinajstić information content (AvgIpc) is 3.33. The molecular weight excluding hydrogens is 246 g/mol. The Bertz CT molecular complexity index is 634. The van der Waals surface area contributed by atoms with E-state index in [1.165, 1.54) is 24.0 Å². The van der Waals surface area contributed by atoms with Crippen molar-refractivity contribution in [3.05, 3.63) is 53.5 Å². The highest BCUT2D eigenvalue weighted by Crippen LogP contribution is 2.39. The molecule has 2 aliphatic rings. The van der Waals surface area contributed by atoms with Crippen LogP contribution < -0.4 is 4.90 Å². The van der Waals surface area contributed by atoms with Gasteiger partial charge in [-0.25, -0.2) is 9.97 Å². The number of nitrogens with zero attached hydrogens (tertiary/aromatic N) is 3. The van der Waals surface area contributed by atoms with E-state index in [0.717, 1.165) is 24.6 Å². The van der Waals surface area contributed by atoms with E-state index >= 15 is 0 Å². The maximum absolute atomic E-state index is 4.80. The fraction of sp³-hybridized carbons (Fsp3) is 0.412. The smallest absolute Gasteiger partial charge is 0.133 e. The van der Waals surface area contributed by atoms with E-state index in [4.69, 9.17) is 4.98 Å². The molecule has 0 radical (unpaired) electrons. The summed E-state index contributed by atoms with van der Waals surface area (Å²) in [7, 11) is 0. The van der Waals surface area contributed by atoms with Crippen molar-refractivity contribution < 1.29 is 0 Å². The molecule has 3 heteroatoms. The molecule has 1 aromatic carbocycles. The Hall–Kier alpha value is -1.90. The summed E-state index contributed by atoms with van der Waals surface area (Å²) in [5.74, 6) is 2.74. The van der Waals surface area contributed by atoms with E-state index in [0.29, 0.717) is 12.0 Å². The molecule has 0 bridgehead atoms. The van der Waals surface area contributed by atoms with Gasteiger partial charge in [-0.15, -0.1) is 0 Å². The van der Waals surface area contributed by atoms with Crippen molar-refractivity contribution in [3.8, 4) is 0 Å². The third-order valence-corrected chi connectivity index (χ3v) is 4.49. The number of fused-ring (bicyclic) bond motifs is 1. The first-order valence-corrected chi connectivity index (χ1v) is 7.50. The molecule has 1 aromatic heterocycles. The van der Waals surface area contributed by atoms with E-state index in [2.05, 4.69) is 47.1 Å². The number of rotatable bonds is 2. The highest BCUT2D eigenvalue weighted by atomic mass is 15.2. The lowest BCUT2D eigenvalue weighted by Crippen LogP contribution is -2.34. The lowest BCUT2D eigenvalue weighted by atomic mass is 9.94. The summed E-state index contributed by atoms with van der Waals surface area (Å²) in [5.41, 5.74) is 2.91. The van der Waals surface area contributed by atoms with Crippen molar-refractivity contribution >= 4 is 5.82 Å². The van der Waals surface area contributed by atoms with Gasteiger partial charge >= 0.3 is 0 Å². The second-order valence-electron chi connectivity index (χ2n) is 5.87. The van der Waals surface area contributed by atoms with Crippen LogP contribution in [0.1, 0.15) is 48.7 Å². The van der Waals surface area contributed by atoms with Crippen LogP contribution in [0.5, 0.6) is 0 Å². The molecule has 0 spiro atoms. The molecule has 1 saturated carbocycles. The molecule has 3 nitrogen and oxygen atoms in total. The minimum absolute atomic E-state index is 0.391. The standard InChI is InChI=1S/C17H19N3/c1-12-15-5-3-2-4-13(15)9-11-20(12)16-8-10-18-17(19-16)14-6-7-14/h2-5,8,10,12,14H,6-7,9,11H2,1H3. The summed E-state index contributed by atoms with van der Waals surface area (Å²) in [6.45, 7) is 3.32. The van der Waals surface area contributed by atoms with Gasteiger partial charge in [-0.3, -0.25) is 0 Å². The normalized spacial score (nSPS) is 21.6. The summed E-state index contributed by atoms with van der Waals surface area (Å²) >= 11 is 0. The van der Waals surface area contributed by atoms with Crippen LogP contribution in [0.4, 0.5) is 5.82 Å². The molecule has 2 aromatic rings. The predicted molar refractivity (Wildman–Crippen MR) is 79.9 cm³/mol. The molecule has 2 heterocycles. The van der Waals surface area contributed by atoms with Crippen LogP contribution in [0.25, 0.3) is 0 Å². The molecule has 1 fully saturated rings.